The van der Waals surface area contributed by atoms with E-state index in [4.69, 9.17) is 4.52 Å². The first-order chi connectivity index (χ1) is 8.28. The maximum Gasteiger partial charge on any atom is 0.234 e. The summed E-state index contributed by atoms with van der Waals surface area (Å²) in [5, 5.41) is 7.34. The van der Waals surface area contributed by atoms with Crippen molar-refractivity contribution < 1.29 is 4.52 Å². The third-order valence-corrected chi connectivity index (χ3v) is 3.23. The first-order valence-electron chi connectivity index (χ1n) is 5.73. The fourth-order valence-corrected chi connectivity index (χ4v) is 2.08. The molecule has 1 saturated heterocycles. The van der Waals surface area contributed by atoms with Crippen LogP contribution in [0.3, 0.4) is 0 Å². The van der Waals surface area contributed by atoms with Gasteiger partial charge in [0.05, 0.1) is 5.41 Å². The Labute approximate surface area is 111 Å². The predicted octanol–water partition coefficient (Wildman–Crippen LogP) is 1.80. The van der Waals surface area contributed by atoms with Crippen LogP contribution in [0.15, 0.2) is 29.0 Å². The fourth-order valence-electron chi connectivity index (χ4n) is 2.08. The molecule has 1 atom stereocenters. The van der Waals surface area contributed by atoms with Crippen LogP contribution in [0.1, 0.15) is 19.2 Å². The lowest BCUT2D eigenvalue weighted by atomic mass is 9.90. The van der Waals surface area contributed by atoms with Crippen LogP contribution < -0.4 is 5.32 Å². The number of halogens is 1. The number of rotatable bonds is 2. The second kappa shape index (κ2) is 5.04. The molecular weight excluding hydrogens is 252 g/mol. The Bertz CT molecular complexity index is 508. The van der Waals surface area contributed by atoms with E-state index < -0.39 is 0 Å². The summed E-state index contributed by atoms with van der Waals surface area (Å²) >= 11 is 0. The molecular formula is C12H15ClN4O. The van der Waals surface area contributed by atoms with Crippen molar-refractivity contribution in [3.63, 3.8) is 0 Å². The molecule has 0 amide bonds. The summed E-state index contributed by atoms with van der Waals surface area (Å²) < 4.78 is 5.38. The maximum absolute atomic E-state index is 5.38. The van der Waals surface area contributed by atoms with Crippen LogP contribution in [0.2, 0.25) is 0 Å². The summed E-state index contributed by atoms with van der Waals surface area (Å²) in [5.41, 5.74) is 0.852. The zero-order chi connectivity index (χ0) is 11.7. The molecule has 96 valence electrons. The molecule has 5 nitrogen and oxygen atoms in total. The minimum absolute atomic E-state index is 0. The molecule has 1 unspecified atom stereocenters. The Morgan fingerprint density at radius 3 is 3.00 bits per heavy atom. The van der Waals surface area contributed by atoms with E-state index in [0.29, 0.717) is 11.7 Å². The lowest BCUT2D eigenvalue weighted by molar-refractivity contribution is 0.306. The zero-order valence-corrected chi connectivity index (χ0v) is 10.9. The summed E-state index contributed by atoms with van der Waals surface area (Å²) in [4.78, 5) is 8.53. The summed E-state index contributed by atoms with van der Waals surface area (Å²) in [5.74, 6) is 1.32. The van der Waals surface area contributed by atoms with E-state index in [1.54, 1.807) is 12.4 Å². The van der Waals surface area contributed by atoms with Gasteiger partial charge in [0.2, 0.25) is 11.7 Å². The quantitative estimate of drug-likeness (QED) is 0.898. The van der Waals surface area contributed by atoms with Crippen LogP contribution in [0, 0.1) is 0 Å². The minimum Gasteiger partial charge on any atom is -0.338 e. The lowest BCUT2D eigenvalue weighted by Crippen LogP contribution is -2.25. The second-order valence-electron chi connectivity index (χ2n) is 4.65. The lowest BCUT2D eigenvalue weighted by Gasteiger charge is -2.15. The SMILES string of the molecule is CC1(c2nc(-c3cccnc3)no2)CCNC1.Cl. The van der Waals surface area contributed by atoms with Gasteiger partial charge in [-0.2, -0.15) is 4.98 Å². The molecule has 1 N–H and O–H groups in total. The third-order valence-electron chi connectivity index (χ3n) is 3.23. The highest BCUT2D eigenvalue weighted by Crippen LogP contribution is 2.29. The molecule has 0 spiro atoms. The van der Waals surface area contributed by atoms with E-state index in [2.05, 4.69) is 27.4 Å². The van der Waals surface area contributed by atoms with E-state index >= 15 is 0 Å². The predicted molar refractivity (Wildman–Crippen MR) is 69.6 cm³/mol. The Hall–Kier alpha value is -1.46. The summed E-state index contributed by atoms with van der Waals surface area (Å²) in [6.45, 7) is 4.04. The molecule has 0 aliphatic carbocycles. The minimum atomic E-state index is -0.0343. The molecule has 0 radical (unpaired) electrons. The topological polar surface area (TPSA) is 63.8 Å². The number of hydrogen-bond donors (Lipinski definition) is 1. The normalized spacial score (nSPS) is 22.7. The zero-order valence-electron chi connectivity index (χ0n) is 10.1. The molecule has 2 aromatic rings. The molecule has 2 aromatic heterocycles. The van der Waals surface area contributed by atoms with Gasteiger partial charge in [-0.1, -0.05) is 5.16 Å². The summed E-state index contributed by atoms with van der Waals surface area (Å²) in [7, 11) is 0. The molecule has 0 saturated carbocycles. The monoisotopic (exact) mass is 266 g/mol. The van der Waals surface area contributed by atoms with Gasteiger partial charge < -0.3 is 9.84 Å². The van der Waals surface area contributed by atoms with Gasteiger partial charge in [0.15, 0.2) is 0 Å². The summed E-state index contributed by atoms with van der Waals surface area (Å²) in [6.07, 6.45) is 4.50. The van der Waals surface area contributed by atoms with Gasteiger partial charge in [0, 0.05) is 24.5 Å². The van der Waals surface area contributed by atoms with Gasteiger partial charge in [0.1, 0.15) is 0 Å². The third kappa shape index (κ3) is 2.23. The van der Waals surface area contributed by atoms with Crippen molar-refractivity contribution in [3.8, 4) is 11.4 Å². The van der Waals surface area contributed by atoms with Gasteiger partial charge in [-0.25, -0.2) is 0 Å². The van der Waals surface area contributed by atoms with Gasteiger partial charge >= 0.3 is 0 Å². The molecule has 0 aromatic carbocycles. The Kier molecular flexibility index (Phi) is 3.63. The number of pyridine rings is 1. The van der Waals surface area contributed by atoms with Crippen molar-refractivity contribution in [3.05, 3.63) is 30.4 Å². The van der Waals surface area contributed by atoms with Crippen LogP contribution in [0.25, 0.3) is 11.4 Å². The molecule has 0 bridgehead atoms. The van der Waals surface area contributed by atoms with Crippen molar-refractivity contribution in [1.29, 1.82) is 0 Å². The van der Waals surface area contributed by atoms with Crippen molar-refractivity contribution in [2.24, 2.45) is 0 Å². The highest BCUT2D eigenvalue weighted by Gasteiger charge is 2.36. The average molecular weight is 267 g/mol. The van der Waals surface area contributed by atoms with Crippen LogP contribution in [-0.2, 0) is 5.41 Å². The molecule has 3 heterocycles. The van der Waals surface area contributed by atoms with Crippen molar-refractivity contribution in [1.82, 2.24) is 20.4 Å². The standard InChI is InChI=1S/C12H14N4O.ClH/c1-12(4-6-14-8-12)11-15-10(16-17-11)9-3-2-5-13-7-9;/h2-3,5,7,14H,4,6,8H2,1H3;1H. The van der Waals surface area contributed by atoms with E-state index in [1.807, 2.05) is 12.1 Å². The fraction of sp³-hybridized carbons (Fsp3) is 0.417. The smallest absolute Gasteiger partial charge is 0.234 e. The number of nitrogens with one attached hydrogen (secondary N) is 1. The Morgan fingerprint density at radius 2 is 2.33 bits per heavy atom. The van der Waals surface area contributed by atoms with Crippen molar-refractivity contribution in [2.75, 3.05) is 13.1 Å². The highest BCUT2D eigenvalue weighted by molar-refractivity contribution is 5.85. The number of nitrogens with zero attached hydrogens (tertiary/aromatic N) is 3. The molecule has 18 heavy (non-hydrogen) atoms. The summed E-state index contributed by atoms with van der Waals surface area (Å²) in [6, 6.07) is 3.79. The van der Waals surface area contributed by atoms with Gasteiger partial charge in [0.25, 0.3) is 0 Å². The number of aromatic nitrogens is 3. The molecule has 1 fully saturated rings. The van der Waals surface area contributed by atoms with Crippen LogP contribution in [-0.4, -0.2) is 28.2 Å². The molecule has 1 aliphatic heterocycles. The van der Waals surface area contributed by atoms with E-state index in [-0.39, 0.29) is 17.8 Å². The number of hydrogen-bond acceptors (Lipinski definition) is 5. The average Bonchev–Trinajstić information content (AvgIpc) is 2.99. The largest absolute Gasteiger partial charge is 0.338 e. The van der Waals surface area contributed by atoms with E-state index in [1.165, 1.54) is 0 Å². The van der Waals surface area contributed by atoms with E-state index in [0.717, 1.165) is 25.1 Å². The van der Waals surface area contributed by atoms with Crippen LogP contribution in [0.5, 0.6) is 0 Å². The van der Waals surface area contributed by atoms with Crippen molar-refractivity contribution >= 4 is 12.4 Å². The highest BCUT2D eigenvalue weighted by atomic mass is 35.5. The van der Waals surface area contributed by atoms with Gasteiger partial charge in [-0.15, -0.1) is 12.4 Å². The van der Waals surface area contributed by atoms with E-state index in [9.17, 15) is 0 Å². The molecule has 3 rings (SSSR count). The second-order valence-corrected chi connectivity index (χ2v) is 4.65. The van der Waals surface area contributed by atoms with Crippen molar-refractivity contribution in [2.45, 2.75) is 18.8 Å². The Morgan fingerprint density at radius 1 is 1.44 bits per heavy atom. The first-order valence-corrected chi connectivity index (χ1v) is 5.73. The molecule has 1 aliphatic rings. The maximum atomic E-state index is 5.38. The molecule has 6 heteroatoms. The van der Waals surface area contributed by atoms with Crippen LogP contribution in [0.4, 0.5) is 0 Å². The van der Waals surface area contributed by atoms with Gasteiger partial charge in [-0.05, 0) is 32.0 Å². The van der Waals surface area contributed by atoms with Crippen LogP contribution >= 0.6 is 12.4 Å². The first kappa shape index (κ1) is 13.0. The van der Waals surface area contributed by atoms with Gasteiger partial charge in [-0.3, -0.25) is 4.98 Å². The Balaban J connectivity index is 0.00000120.